The van der Waals surface area contributed by atoms with Gasteiger partial charge in [0.05, 0.1) is 70.7 Å². The van der Waals surface area contributed by atoms with Crippen molar-refractivity contribution in [2.75, 3.05) is 16.3 Å². The predicted octanol–water partition coefficient (Wildman–Crippen LogP) is 0.605. The second kappa shape index (κ2) is 7.88. The van der Waals surface area contributed by atoms with Crippen LogP contribution in [0.5, 0.6) is 0 Å². The zero-order valence-electron chi connectivity index (χ0n) is 19.5. The summed E-state index contributed by atoms with van der Waals surface area (Å²) in [5.74, 6) is -1.10. The third kappa shape index (κ3) is 3.31. The third-order valence-electron chi connectivity index (χ3n) is 7.14. The Morgan fingerprint density at radius 3 is 2.43 bits per heavy atom. The van der Waals surface area contributed by atoms with E-state index in [9.17, 15) is 8.78 Å². The van der Waals surface area contributed by atoms with E-state index in [1.807, 2.05) is 11.0 Å². The van der Waals surface area contributed by atoms with E-state index in [0.717, 1.165) is 23.4 Å². The van der Waals surface area contributed by atoms with Crippen LogP contribution in [0.2, 0.25) is 5.21 Å². The van der Waals surface area contributed by atoms with Gasteiger partial charge in [-0.15, -0.1) is 0 Å². The van der Waals surface area contributed by atoms with Crippen molar-refractivity contribution in [3.63, 3.8) is 0 Å². The molecule has 15 heteroatoms. The van der Waals surface area contributed by atoms with Crippen molar-refractivity contribution in [1.29, 1.82) is 0 Å². The van der Waals surface area contributed by atoms with Crippen molar-refractivity contribution < 1.29 is 8.78 Å². The fourth-order valence-corrected chi connectivity index (χ4v) is 4.97. The van der Waals surface area contributed by atoms with Crippen LogP contribution >= 0.6 is 0 Å². The van der Waals surface area contributed by atoms with Gasteiger partial charge in [-0.05, 0) is 28.4 Å². The molecule has 4 aromatic rings. The molecule has 0 atom stereocenters. The van der Waals surface area contributed by atoms with Crippen molar-refractivity contribution >= 4 is 75.3 Å². The molecule has 0 unspecified atom stereocenters. The Morgan fingerprint density at radius 1 is 0.892 bits per heavy atom. The van der Waals surface area contributed by atoms with Crippen LogP contribution in [0.3, 0.4) is 0 Å². The van der Waals surface area contributed by atoms with Gasteiger partial charge in [0.25, 0.3) is 0 Å². The van der Waals surface area contributed by atoms with Gasteiger partial charge in [0.15, 0.2) is 11.6 Å². The van der Waals surface area contributed by atoms with E-state index in [0.29, 0.717) is 47.7 Å². The third-order valence-corrected chi connectivity index (χ3v) is 7.14. The van der Waals surface area contributed by atoms with E-state index in [1.165, 1.54) is 22.1 Å². The van der Waals surface area contributed by atoms with E-state index in [2.05, 4.69) is 20.1 Å². The summed E-state index contributed by atoms with van der Waals surface area (Å²) in [4.78, 5) is 16.5. The van der Waals surface area contributed by atoms with Gasteiger partial charge in [-0.3, -0.25) is 9.67 Å². The fraction of sp³-hybridized carbons (Fsp3) is 0.273. The largest absolute Gasteiger partial charge is 0.351 e. The van der Waals surface area contributed by atoms with Gasteiger partial charge in [-0.1, -0.05) is 5.21 Å². The lowest BCUT2D eigenvalue weighted by atomic mass is 9.21. The first kappa shape index (κ1) is 24.1. The van der Waals surface area contributed by atoms with E-state index >= 15 is 0 Å². The Balaban J connectivity index is 1.42. The first-order chi connectivity index (χ1) is 17.4. The standard InChI is InChI=1S/C22H13B6F2N7/c23-20(24)21(25,26)36(18-1-3-34-37(18)22(20,27)28)12-5-11-9-35(4-2-16(11)31-8-12)19-13-6-14(29)15(30)7-17(13)32-10-33-19/h1,3,5-8,10H,2,4,9H2. The molecule has 2 aliphatic heterocycles. The number of aromatic nitrogens is 5. The van der Waals surface area contributed by atoms with E-state index in [-0.39, 0.29) is 0 Å². The summed E-state index contributed by atoms with van der Waals surface area (Å²) >= 11 is 0. The monoisotopic (exact) mass is 479 g/mol. The number of rotatable bonds is 2. The maximum Gasteiger partial charge on any atom is 0.161 e. The molecule has 12 radical (unpaired) electrons. The van der Waals surface area contributed by atoms with Gasteiger partial charge in [-0.2, -0.15) is 5.10 Å². The summed E-state index contributed by atoms with van der Waals surface area (Å²) in [6.45, 7) is 0.918. The molecule has 1 aromatic carbocycles. The van der Waals surface area contributed by atoms with E-state index in [1.54, 1.807) is 12.3 Å². The highest BCUT2D eigenvalue weighted by atomic mass is 19.2. The number of fused-ring (bicyclic) bond motifs is 3. The minimum atomic E-state index is -2.03. The van der Waals surface area contributed by atoms with Crippen molar-refractivity contribution in [3.8, 4) is 0 Å². The summed E-state index contributed by atoms with van der Waals surface area (Å²) < 4.78 is 29.1. The number of pyridine rings is 1. The highest BCUT2D eigenvalue weighted by molar-refractivity contribution is 6.62. The first-order valence-electron chi connectivity index (χ1n) is 11.3. The van der Waals surface area contributed by atoms with Gasteiger partial charge in [0.2, 0.25) is 0 Å². The van der Waals surface area contributed by atoms with Crippen LogP contribution < -0.4 is 9.80 Å². The topological polar surface area (TPSA) is 63.0 Å². The number of benzene rings is 1. The number of nitrogens with zero attached hydrogens (tertiary/aromatic N) is 7. The van der Waals surface area contributed by atoms with Gasteiger partial charge >= 0.3 is 0 Å². The molecule has 37 heavy (non-hydrogen) atoms. The van der Waals surface area contributed by atoms with Gasteiger partial charge in [0.1, 0.15) is 18.0 Å². The van der Waals surface area contributed by atoms with Crippen molar-refractivity contribution in [2.45, 2.75) is 28.9 Å². The Kier molecular flexibility index (Phi) is 5.14. The van der Waals surface area contributed by atoms with Crippen LogP contribution in [0.1, 0.15) is 11.3 Å². The number of hydrogen-bond acceptors (Lipinski definition) is 6. The summed E-state index contributed by atoms with van der Waals surface area (Å²) in [7, 11) is 38.1. The molecule has 168 valence electrons. The van der Waals surface area contributed by atoms with E-state index in [4.69, 9.17) is 47.1 Å². The van der Waals surface area contributed by atoms with Crippen molar-refractivity contribution in [1.82, 2.24) is 24.7 Å². The first-order valence-corrected chi connectivity index (χ1v) is 11.3. The fourth-order valence-electron chi connectivity index (χ4n) is 4.97. The number of halogens is 2. The molecule has 0 bridgehead atoms. The highest BCUT2D eigenvalue weighted by Gasteiger charge is 2.54. The van der Waals surface area contributed by atoms with Gasteiger partial charge in [0, 0.05) is 42.7 Å². The molecular formula is C22H13B6F2N7. The summed E-state index contributed by atoms with van der Waals surface area (Å²) in [5, 5.41) is -1.29. The molecule has 0 aliphatic carbocycles. The molecule has 0 saturated carbocycles. The molecule has 5 heterocycles. The molecule has 3 aromatic heterocycles. The zero-order valence-corrected chi connectivity index (χ0v) is 19.5. The van der Waals surface area contributed by atoms with Crippen molar-refractivity contribution in [3.05, 3.63) is 65.9 Å². The van der Waals surface area contributed by atoms with Crippen LogP contribution in [-0.2, 0) is 18.3 Å². The molecule has 6 rings (SSSR count). The lowest BCUT2D eigenvalue weighted by molar-refractivity contribution is 0.394. The lowest BCUT2D eigenvalue weighted by Crippen LogP contribution is -2.70. The Labute approximate surface area is 219 Å². The Hall–Kier alpha value is -3.23. The molecule has 2 aliphatic rings. The number of hydrogen-bond donors (Lipinski definition) is 0. The average molecular weight is 478 g/mol. The minimum absolute atomic E-state index is 0.300. The normalized spacial score (nSPS) is 19.4. The summed E-state index contributed by atoms with van der Waals surface area (Å²) in [6, 6.07) is 5.63. The molecule has 0 amide bonds. The molecule has 0 fully saturated rings. The second-order valence-electron chi connectivity index (χ2n) is 9.41. The highest BCUT2D eigenvalue weighted by Crippen LogP contribution is 2.53. The summed E-state index contributed by atoms with van der Waals surface area (Å²) in [5.41, 5.74) is 2.45. The Bertz CT molecular complexity index is 1560. The maximum atomic E-state index is 14.0. The molecule has 0 saturated heterocycles. The minimum Gasteiger partial charge on any atom is -0.351 e. The maximum absolute atomic E-state index is 14.0. The van der Waals surface area contributed by atoms with Crippen LogP contribution in [0.25, 0.3) is 10.9 Å². The SMILES string of the molecule is [B]C1([B])N(c2cnc3c(c2)CN(c2ncnc4cc(F)c(F)cc24)CC3)c2ccnn2C([B])([B])C1([B])[B]. The summed E-state index contributed by atoms with van der Waals surface area (Å²) in [6.07, 6.45) is 4.98. The second-order valence-corrected chi connectivity index (χ2v) is 9.41. The van der Waals surface area contributed by atoms with Crippen LogP contribution in [0.4, 0.5) is 26.1 Å². The van der Waals surface area contributed by atoms with Crippen molar-refractivity contribution in [2.24, 2.45) is 0 Å². The Morgan fingerprint density at radius 2 is 1.65 bits per heavy atom. The van der Waals surface area contributed by atoms with Gasteiger partial charge in [-0.25, -0.2) is 18.7 Å². The average Bonchev–Trinajstić information content (AvgIpc) is 3.33. The van der Waals surface area contributed by atoms with E-state index < -0.39 is 27.5 Å². The zero-order chi connectivity index (χ0) is 26.3. The molecule has 0 N–H and O–H groups in total. The predicted molar refractivity (Wildman–Crippen MR) is 141 cm³/mol. The molecular weight excluding hydrogens is 465 g/mol. The quantitative estimate of drug-likeness (QED) is 0.394. The van der Waals surface area contributed by atoms with Gasteiger partial charge < -0.3 is 9.80 Å². The van der Waals surface area contributed by atoms with Crippen LogP contribution in [0, 0.1) is 11.6 Å². The van der Waals surface area contributed by atoms with Crippen LogP contribution in [0.15, 0.2) is 43.0 Å². The smallest absolute Gasteiger partial charge is 0.161 e. The van der Waals surface area contributed by atoms with Crippen LogP contribution in [-0.4, -0.2) is 83.7 Å². The molecule has 7 nitrogen and oxygen atoms in total. The number of anilines is 3. The lowest BCUT2D eigenvalue weighted by Gasteiger charge is -2.64. The molecule has 0 spiro atoms.